The van der Waals surface area contributed by atoms with E-state index in [0.29, 0.717) is 11.8 Å². The Balaban J connectivity index is 0.000000605. The third kappa shape index (κ3) is 1.84. The van der Waals surface area contributed by atoms with Crippen LogP contribution in [0.1, 0.15) is 25.7 Å². The predicted octanol–water partition coefficient (Wildman–Crippen LogP) is 1.70. The molecule has 11 heavy (non-hydrogen) atoms. The van der Waals surface area contributed by atoms with Crippen LogP contribution >= 0.6 is 0 Å². The Morgan fingerprint density at radius 2 is 2.00 bits per heavy atom. The van der Waals surface area contributed by atoms with Crippen molar-refractivity contribution in [1.29, 1.82) is 0 Å². The fraction of sp³-hybridized carbons (Fsp3) is 0.875. The molecule has 1 aliphatic heterocycles. The van der Waals surface area contributed by atoms with Crippen LogP contribution in [0.4, 0.5) is 0 Å². The summed E-state index contributed by atoms with van der Waals surface area (Å²) >= 11 is 0. The standard InChI is InChI=1S/C8H13NO.Y/c10-8-7-4-2-1-3-6(7)5-9-8;/h6-7H,1-5H2,(H,9,10);/p-1. The number of carbonyl (C=O) groups is 1. The zero-order valence-electron chi connectivity index (χ0n) is 6.62. The Hall–Kier alpha value is 0.574. The van der Waals surface area contributed by atoms with E-state index in [9.17, 15) is 4.79 Å². The van der Waals surface area contributed by atoms with Gasteiger partial charge in [0.05, 0.1) is 5.91 Å². The molecule has 2 atom stereocenters. The van der Waals surface area contributed by atoms with Crippen LogP contribution in [0.5, 0.6) is 0 Å². The SMILES string of the molecule is O=C1[N-]CC2CCCCC12.[Y]. The van der Waals surface area contributed by atoms with E-state index >= 15 is 0 Å². The monoisotopic (exact) mass is 227 g/mol. The van der Waals surface area contributed by atoms with Gasteiger partial charge in [-0.05, 0) is 12.3 Å². The molecule has 1 radical (unpaired) electrons. The summed E-state index contributed by atoms with van der Waals surface area (Å²) in [5, 5.41) is 3.94. The second-order valence-electron chi connectivity index (χ2n) is 3.33. The van der Waals surface area contributed by atoms with Crippen LogP contribution in [0.2, 0.25) is 0 Å². The van der Waals surface area contributed by atoms with Crippen molar-refractivity contribution in [2.24, 2.45) is 11.8 Å². The molecule has 0 bridgehead atoms. The molecule has 1 saturated carbocycles. The van der Waals surface area contributed by atoms with E-state index in [-0.39, 0.29) is 38.6 Å². The molecule has 3 heteroatoms. The predicted molar refractivity (Wildman–Crippen MR) is 38.7 cm³/mol. The number of carbonyl (C=O) groups excluding carboxylic acids is 1. The smallest absolute Gasteiger partial charge is 0.0545 e. The first kappa shape index (κ1) is 9.66. The third-order valence-electron chi connectivity index (χ3n) is 2.71. The van der Waals surface area contributed by atoms with E-state index in [1.807, 2.05) is 0 Å². The Labute approximate surface area is 92.4 Å². The zero-order valence-corrected chi connectivity index (χ0v) is 9.46. The van der Waals surface area contributed by atoms with Crippen molar-refractivity contribution in [2.75, 3.05) is 6.54 Å². The molecule has 1 amide bonds. The number of rotatable bonds is 0. The van der Waals surface area contributed by atoms with E-state index in [2.05, 4.69) is 5.32 Å². The van der Waals surface area contributed by atoms with Gasteiger partial charge in [0.25, 0.3) is 0 Å². The Morgan fingerprint density at radius 3 is 2.73 bits per heavy atom. The van der Waals surface area contributed by atoms with Gasteiger partial charge in [0.2, 0.25) is 0 Å². The number of amides is 1. The average Bonchev–Trinajstić information content (AvgIpc) is 2.34. The maximum atomic E-state index is 11.0. The Morgan fingerprint density at radius 1 is 1.27 bits per heavy atom. The number of nitrogens with zero attached hydrogens (tertiary/aromatic N) is 1. The minimum absolute atomic E-state index is 0. The first-order valence-corrected chi connectivity index (χ1v) is 4.09. The summed E-state index contributed by atoms with van der Waals surface area (Å²) in [6.45, 7) is 0.823. The molecule has 0 spiro atoms. The minimum Gasteiger partial charge on any atom is -0.653 e. The molecule has 1 heterocycles. The normalized spacial score (nSPS) is 35.5. The molecule has 0 N–H and O–H groups in total. The Bertz CT molecular complexity index is 160. The van der Waals surface area contributed by atoms with Crippen molar-refractivity contribution in [3.8, 4) is 0 Å². The van der Waals surface area contributed by atoms with Gasteiger partial charge < -0.3 is 10.1 Å². The van der Waals surface area contributed by atoms with Crippen molar-refractivity contribution in [2.45, 2.75) is 25.7 Å². The van der Waals surface area contributed by atoms with Gasteiger partial charge in [0.1, 0.15) is 0 Å². The van der Waals surface area contributed by atoms with Gasteiger partial charge in [0.15, 0.2) is 0 Å². The van der Waals surface area contributed by atoms with Gasteiger partial charge in [-0.25, -0.2) is 0 Å². The molecule has 2 unspecified atom stereocenters. The van der Waals surface area contributed by atoms with E-state index in [4.69, 9.17) is 0 Å². The molecule has 0 aromatic rings. The van der Waals surface area contributed by atoms with Crippen molar-refractivity contribution in [1.82, 2.24) is 0 Å². The molecule has 0 aromatic carbocycles. The molecule has 1 saturated heterocycles. The summed E-state index contributed by atoms with van der Waals surface area (Å²) in [6.07, 6.45) is 4.89. The summed E-state index contributed by atoms with van der Waals surface area (Å²) in [7, 11) is 0. The maximum Gasteiger partial charge on any atom is 0.0545 e. The topological polar surface area (TPSA) is 31.2 Å². The average molecular weight is 227 g/mol. The quantitative estimate of drug-likeness (QED) is 0.619. The zero-order chi connectivity index (χ0) is 6.97. The van der Waals surface area contributed by atoms with E-state index in [1.165, 1.54) is 19.3 Å². The van der Waals surface area contributed by atoms with E-state index in [0.717, 1.165) is 13.0 Å². The second-order valence-corrected chi connectivity index (χ2v) is 3.33. The third-order valence-corrected chi connectivity index (χ3v) is 2.71. The van der Waals surface area contributed by atoms with Gasteiger partial charge in [-0.3, -0.25) is 0 Å². The molecule has 0 aromatic heterocycles. The molecule has 2 fully saturated rings. The van der Waals surface area contributed by atoms with Gasteiger partial charge in [-0.2, -0.15) is 0 Å². The van der Waals surface area contributed by atoms with Crippen molar-refractivity contribution < 1.29 is 37.5 Å². The summed E-state index contributed by atoms with van der Waals surface area (Å²) in [5.74, 6) is 1.14. The fourth-order valence-electron chi connectivity index (χ4n) is 2.08. The van der Waals surface area contributed by atoms with Crippen LogP contribution in [0, 0.1) is 11.8 Å². The number of fused-ring (bicyclic) bond motifs is 1. The summed E-state index contributed by atoms with van der Waals surface area (Å²) in [6, 6.07) is 0. The molecule has 2 aliphatic rings. The minimum atomic E-state index is 0. The fourth-order valence-corrected chi connectivity index (χ4v) is 2.08. The summed E-state index contributed by atoms with van der Waals surface area (Å²) in [5.41, 5.74) is 0. The second kappa shape index (κ2) is 4.00. The Kier molecular flexibility index (Phi) is 3.51. The summed E-state index contributed by atoms with van der Waals surface area (Å²) < 4.78 is 0. The first-order valence-electron chi connectivity index (χ1n) is 4.09. The van der Waals surface area contributed by atoms with Crippen LogP contribution in [0.25, 0.3) is 5.32 Å². The van der Waals surface area contributed by atoms with E-state index in [1.54, 1.807) is 0 Å². The molecular weight excluding hydrogens is 215 g/mol. The van der Waals surface area contributed by atoms with Crippen molar-refractivity contribution in [3.63, 3.8) is 0 Å². The number of hydrogen-bond acceptors (Lipinski definition) is 1. The molecule has 2 nitrogen and oxygen atoms in total. The van der Waals surface area contributed by atoms with Crippen LogP contribution in [-0.2, 0) is 37.5 Å². The van der Waals surface area contributed by atoms with Crippen LogP contribution < -0.4 is 0 Å². The maximum absolute atomic E-state index is 11.0. The molecule has 59 valence electrons. The van der Waals surface area contributed by atoms with Crippen LogP contribution in [0.3, 0.4) is 0 Å². The van der Waals surface area contributed by atoms with Crippen LogP contribution in [-0.4, -0.2) is 12.5 Å². The first-order chi connectivity index (χ1) is 4.88. The van der Waals surface area contributed by atoms with Gasteiger partial charge in [-0.15, -0.1) is 6.54 Å². The largest absolute Gasteiger partial charge is 0.653 e. The molecule has 1 aliphatic carbocycles. The van der Waals surface area contributed by atoms with Gasteiger partial charge in [-0.1, -0.05) is 19.3 Å². The van der Waals surface area contributed by atoms with Crippen LogP contribution in [0.15, 0.2) is 0 Å². The summed E-state index contributed by atoms with van der Waals surface area (Å²) in [4.78, 5) is 11.0. The van der Waals surface area contributed by atoms with E-state index < -0.39 is 0 Å². The molecular formula is C8H12NOY-. The number of hydrogen-bond donors (Lipinski definition) is 0. The van der Waals surface area contributed by atoms with Crippen molar-refractivity contribution in [3.05, 3.63) is 5.32 Å². The molecule has 2 rings (SSSR count). The van der Waals surface area contributed by atoms with Gasteiger partial charge in [0, 0.05) is 38.6 Å². The van der Waals surface area contributed by atoms with Crippen molar-refractivity contribution >= 4 is 5.91 Å². The van der Waals surface area contributed by atoms with Gasteiger partial charge >= 0.3 is 0 Å².